The molecule has 0 aromatic rings. The Kier molecular flexibility index (Phi) is 4.53. The Balaban J connectivity index is 0.00000121. The van der Waals surface area contributed by atoms with Crippen molar-refractivity contribution in [2.75, 3.05) is 19.6 Å². The molecule has 1 heterocycles. The molecule has 1 aliphatic rings. The van der Waals surface area contributed by atoms with Gasteiger partial charge in [0, 0.05) is 0 Å². The molecular weight excluding hydrogens is 174 g/mol. The first kappa shape index (κ1) is 12.2. The predicted molar refractivity (Wildman–Crippen MR) is 46.2 cm³/mol. The monoisotopic (exact) mass is 193 g/mol. The fourth-order valence-corrected chi connectivity index (χ4v) is 1.96. The highest BCUT2D eigenvalue weighted by molar-refractivity contribution is 4.72. The Morgan fingerprint density at radius 1 is 1.08 bits per heavy atom. The van der Waals surface area contributed by atoms with E-state index in [2.05, 4.69) is 27.7 Å². The van der Waals surface area contributed by atoms with Gasteiger partial charge in [-0.2, -0.15) is 0 Å². The lowest BCUT2D eigenvalue weighted by atomic mass is 10.3. The van der Waals surface area contributed by atoms with Gasteiger partial charge in [0.05, 0.1) is 19.6 Å². The summed E-state index contributed by atoms with van der Waals surface area (Å²) < 4.78 is 6.67. The van der Waals surface area contributed by atoms with Crippen LogP contribution in [0.15, 0.2) is 0 Å². The molecule has 0 aromatic carbocycles. The second kappa shape index (κ2) is 4.45. The smallest absolute Gasteiger partial charge is 0.220 e. The van der Waals surface area contributed by atoms with Crippen LogP contribution in [0.4, 0.5) is 0 Å². The Morgan fingerprint density at radius 2 is 1.42 bits per heavy atom. The van der Waals surface area contributed by atoms with Crippen LogP contribution in [-0.2, 0) is 4.74 Å². The van der Waals surface area contributed by atoms with E-state index in [4.69, 9.17) is 4.74 Å². The van der Waals surface area contributed by atoms with Gasteiger partial charge in [-0.25, -0.2) is 0 Å². The largest absolute Gasteiger partial charge is 1.00 e. The number of epoxide rings is 1. The van der Waals surface area contributed by atoms with Crippen LogP contribution in [0.1, 0.15) is 27.7 Å². The van der Waals surface area contributed by atoms with Gasteiger partial charge in [-0.3, -0.25) is 4.48 Å². The number of quaternary nitrogens is 1. The zero-order chi connectivity index (χ0) is 8.48. The average Bonchev–Trinajstić information content (AvgIpc) is 2.73. The molecule has 1 aliphatic heterocycles. The summed E-state index contributed by atoms with van der Waals surface area (Å²) in [5.74, 6) is 0. The fraction of sp³-hybridized carbons (Fsp3) is 1.00. The Labute approximate surface area is 81.9 Å². The van der Waals surface area contributed by atoms with Gasteiger partial charge >= 0.3 is 0 Å². The van der Waals surface area contributed by atoms with Crippen molar-refractivity contribution >= 4 is 0 Å². The molecule has 3 heteroatoms. The minimum absolute atomic E-state index is 0. The van der Waals surface area contributed by atoms with E-state index in [0.717, 1.165) is 4.48 Å². The van der Waals surface area contributed by atoms with E-state index in [1.807, 2.05) is 0 Å². The molecule has 1 rings (SSSR count). The van der Waals surface area contributed by atoms with Crippen LogP contribution in [0.25, 0.3) is 0 Å². The van der Waals surface area contributed by atoms with Crippen LogP contribution < -0.4 is 12.4 Å². The summed E-state index contributed by atoms with van der Waals surface area (Å²) in [5.41, 5.74) is 0. The fourth-order valence-electron chi connectivity index (χ4n) is 1.96. The highest BCUT2D eigenvalue weighted by Crippen LogP contribution is 2.31. The van der Waals surface area contributed by atoms with E-state index < -0.39 is 0 Å². The molecular formula is C9H20ClNO. The number of hydrogen-bond donors (Lipinski definition) is 0. The summed E-state index contributed by atoms with van der Waals surface area (Å²) in [6.07, 6.45) is 0.991. The molecule has 1 fully saturated rings. The van der Waals surface area contributed by atoms with Crippen molar-refractivity contribution in [3.05, 3.63) is 0 Å². The summed E-state index contributed by atoms with van der Waals surface area (Å²) in [6, 6.07) is 0. The SMILES string of the molecule is CC[N+](CC)(CC)C1OC1C.[Cl-]. The summed E-state index contributed by atoms with van der Waals surface area (Å²) in [6.45, 7) is 12.5. The second-order valence-corrected chi connectivity index (χ2v) is 3.40. The van der Waals surface area contributed by atoms with Gasteiger partial charge in [-0.1, -0.05) is 0 Å². The highest BCUT2D eigenvalue weighted by Gasteiger charge is 2.50. The van der Waals surface area contributed by atoms with Gasteiger partial charge in [-0.05, 0) is 27.7 Å². The summed E-state index contributed by atoms with van der Waals surface area (Å²) in [4.78, 5) is 0. The minimum atomic E-state index is 0. The Bertz CT molecular complexity index is 128. The summed E-state index contributed by atoms with van der Waals surface area (Å²) >= 11 is 0. The number of hydrogen-bond acceptors (Lipinski definition) is 1. The van der Waals surface area contributed by atoms with E-state index in [9.17, 15) is 0 Å². The van der Waals surface area contributed by atoms with Gasteiger partial charge < -0.3 is 17.1 Å². The normalized spacial score (nSPS) is 28.0. The van der Waals surface area contributed by atoms with E-state index in [1.54, 1.807) is 0 Å². The van der Waals surface area contributed by atoms with Crippen molar-refractivity contribution < 1.29 is 21.6 Å². The van der Waals surface area contributed by atoms with Gasteiger partial charge in [0.15, 0.2) is 0 Å². The molecule has 0 aliphatic carbocycles. The molecule has 2 unspecified atom stereocenters. The first-order chi connectivity index (χ1) is 5.20. The maximum atomic E-state index is 5.53. The third-order valence-electron chi connectivity index (χ3n) is 3.11. The van der Waals surface area contributed by atoms with Crippen molar-refractivity contribution in [2.45, 2.75) is 40.0 Å². The maximum Gasteiger partial charge on any atom is 0.220 e. The lowest BCUT2D eigenvalue weighted by Crippen LogP contribution is -3.00. The van der Waals surface area contributed by atoms with Crippen LogP contribution in [0.2, 0.25) is 0 Å². The first-order valence-corrected chi connectivity index (χ1v) is 4.71. The van der Waals surface area contributed by atoms with E-state index in [0.29, 0.717) is 12.3 Å². The number of likely N-dealkylation sites (N-methyl/N-ethyl adjacent to an activating group) is 1. The number of halogens is 1. The van der Waals surface area contributed by atoms with E-state index in [1.165, 1.54) is 19.6 Å². The van der Waals surface area contributed by atoms with Gasteiger partial charge in [-0.15, -0.1) is 0 Å². The third kappa shape index (κ3) is 1.93. The maximum absolute atomic E-state index is 5.53. The standard InChI is InChI=1S/C9H20NO.ClH/c1-5-10(6-2,7-3)9-8(4)11-9;/h8-9H,5-7H2,1-4H3;1H/q+1;/p-1. The predicted octanol–water partition coefficient (Wildman–Crippen LogP) is -1.39. The zero-order valence-corrected chi connectivity index (χ0v) is 9.27. The second-order valence-electron chi connectivity index (χ2n) is 3.40. The Morgan fingerprint density at radius 3 is 1.50 bits per heavy atom. The van der Waals surface area contributed by atoms with E-state index >= 15 is 0 Å². The van der Waals surface area contributed by atoms with Crippen molar-refractivity contribution in [1.29, 1.82) is 0 Å². The molecule has 0 spiro atoms. The third-order valence-corrected chi connectivity index (χ3v) is 3.11. The molecule has 12 heavy (non-hydrogen) atoms. The van der Waals surface area contributed by atoms with Crippen molar-refractivity contribution in [3.63, 3.8) is 0 Å². The zero-order valence-electron chi connectivity index (χ0n) is 8.51. The van der Waals surface area contributed by atoms with Crippen molar-refractivity contribution in [1.82, 2.24) is 0 Å². The molecule has 2 nitrogen and oxygen atoms in total. The lowest BCUT2D eigenvalue weighted by molar-refractivity contribution is -0.943. The molecule has 0 saturated carbocycles. The molecule has 0 bridgehead atoms. The van der Waals surface area contributed by atoms with Gasteiger partial charge in [0.2, 0.25) is 6.23 Å². The Hall–Kier alpha value is 0.210. The minimum Gasteiger partial charge on any atom is -1.00 e. The first-order valence-electron chi connectivity index (χ1n) is 4.71. The molecule has 74 valence electrons. The quantitative estimate of drug-likeness (QED) is 0.396. The molecule has 0 N–H and O–H groups in total. The number of nitrogens with zero attached hydrogens (tertiary/aromatic N) is 1. The van der Waals surface area contributed by atoms with E-state index in [-0.39, 0.29) is 12.4 Å². The van der Waals surface area contributed by atoms with Crippen LogP contribution in [0.5, 0.6) is 0 Å². The van der Waals surface area contributed by atoms with Gasteiger partial charge in [0.1, 0.15) is 6.10 Å². The van der Waals surface area contributed by atoms with Crippen LogP contribution >= 0.6 is 0 Å². The topological polar surface area (TPSA) is 12.5 Å². The lowest BCUT2D eigenvalue weighted by Gasteiger charge is -2.34. The summed E-state index contributed by atoms with van der Waals surface area (Å²) in [5, 5.41) is 0. The van der Waals surface area contributed by atoms with Crippen molar-refractivity contribution in [3.8, 4) is 0 Å². The number of ether oxygens (including phenoxy) is 1. The molecule has 2 atom stereocenters. The van der Waals surface area contributed by atoms with Crippen molar-refractivity contribution in [2.24, 2.45) is 0 Å². The molecule has 1 saturated heterocycles. The molecule has 0 aromatic heterocycles. The molecule has 0 amide bonds. The average molecular weight is 194 g/mol. The van der Waals surface area contributed by atoms with Crippen LogP contribution in [0.3, 0.4) is 0 Å². The van der Waals surface area contributed by atoms with Crippen LogP contribution in [-0.4, -0.2) is 36.4 Å². The van der Waals surface area contributed by atoms with Crippen LogP contribution in [0, 0.1) is 0 Å². The van der Waals surface area contributed by atoms with Gasteiger partial charge in [0.25, 0.3) is 0 Å². The summed E-state index contributed by atoms with van der Waals surface area (Å²) in [7, 11) is 0. The number of rotatable bonds is 4. The highest BCUT2D eigenvalue weighted by atomic mass is 35.5. The molecule has 0 radical (unpaired) electrons.